The van der Waals surface area contributed by atoms with E-state index in [1.54, 1.807) is 0 Å². The topological polar surface area (TPSA) is 73.5 Å². The molecule has 0 atom stereocenters. The van der Waals surface area contributed by atoms with Crippen LogP contribution in [0.1, 0.15) is 32.4 Å². The zero-order valence-electron chi connectivity index (χ0n) is 20.2. The van der Waals surface area contributed by atoms with Gasteiger partial charge in [-0.25, -0.2) is 0 Å². The van der Waals surface area contributed by atoms with Crippen molar-refractivity contribution in [1.29, 1.82) is 0 Å². The molecule has 0 bridgehead atoms. The molecule has 0 spiro atoms. The van der Waals surface area contributed by atoms with Gasteiger partial charge in [-0.15, -0.1) is 0 Å². The van der Waals surface area contributed by atoms with Gasteiger partial charge in [0.15, 0.2) is 0 Å². The molecule has 2 fully saturated rings. The molecular formula is C27H35N5O2. The Kier molecular flexibility index (Phi) is 6.94. The molecule has 2 aromatic heterocycles. The van der Waals surface area contributed by atoms with Crippen LogP contribution in [0.5, 0.6) is 0 Å². The number of benzene rings is 1. The first-order valence-corrected chi connectivity index (χ1v) is 12.5. The Morgan fingerprint density at radius 3 is 2.56 bits per heavy atom. The van der Waals surface area contributed by atoms with Crippen LogP contribution >= 0.6 is 0 Å². The third-order valence-corrected chi connectivity index (χ3v) is 7.16. The summed E-state index contributed by atoms with van der Waals surface area (Å²) in [6.07, 6.45) is 3.70. The van der Waals surface area contributed by atoms with Crippen LogP contribution in [-0.2, 0) is 16.1 Å². The van der Waals surface area contributed by atoms with Crippen LogP contribution in [-0.4, -0.2) is 71.1 Å². The molecule has 0 unspecified atom stereocenters. The Morgan fingerprint density at radius 1 is 1.12 bits per heavy atom. The number of likely N-dealkylation sites (tertiary alicyclic amines) is 1. The number of carbonyl (C=O) groups is 1. The molecule has 0 aliphatic carbocycles. The van der Waals surface area contributed by atoms with Gasteiger partial charge in [0.05, 0.1) is 18.9 Å². The normalized spacial score (nSPS) is 18.6. The number of nitrogens with zero attached hydrogens (tertiary/aromatic N) is 3. The lowest BCUT2D eigenvalue weighted by Crippen LogP contribution is -2.41. The van der Waals surface area contributed by atoms with Crippen molar-refractivity contribution in [1.82, 2.24) is 19.8 Å². The van der Waals surface area contributed by atoms with E-state index in [1.165, 1.54) is 5.69 Å². The summed E-state index contributed by atoms with van der Waals surface area (Å²) < 4.78 is 5.46. The van der Waals surface area contributed by atoms with Gasteiger partial charge in [0.2, 0.25) is 5.91 Å². The van der Waals surface area contributed by atoms with Gasteiger partial charge in [-0.2, -0.15) is 0 Å². The first-order valence-electron chi connectivity index (χ1n) is 12.5. The summed E-state index contributed by atoms with van der Waals surface area (Å²) in [6, 6.07) is 12.9. The molecule has 0 radical (unpaired) electrons. The fourth-order valence-electron chi connectivity index (χ4n) is 5.06. The van der Waals surface area contributed by atoms with E-state index in [9.17, 15) is 4.79 Å². The van der Waals surface area contributed by atoms with Crippen LogP contribution in [0.2, 0.25) is 0 Å². The molecule has 5 rings (SSSR count). The van der Waals surface area contributed by atoms with Gasteiger partial charge >= 0.3 is 0 Å². The number of morpholine rings is 1. The van der Waals surface area contributed by atoms with Crippen molar-refractivity contribution in [3.8, 4) is 11.3 Å². The highest BCUT2D eigenvalue weighted by atomic mass is 16.5. The van der Waals surface area contributed by atoms with E-state index in [1.807, 2.05) is 36.5 Å². The lowest BCUT2D eigenvalue weighted by Gasteiger charge is -2.33. The maximum absolute atomic E-state index is 12.8. The molecule has 3 aromatic rings. The van der Waals surface area contributed by atoms with Crippen LogP contribution in [0, 0.1) is 5.92 Å². The number of H-pyrrole nitrogens is 1. The number of ether oxygens (including phenoxy) is 1. The SMILES string of the molecule is CC(C)N1CCC(C(=O)Nc2ccc(-c3nccc4[nH]c(CN5CCOCC5)cc34)cc2)CC1. The highest BCUT2D eigenvalue weighted by Gasteiger charge is 2.26. The van der Waals surface area contributed by atoms with Gasteiger partial charge in [-0.3, -0.25) is 14.7 Å². The monoisotopic (exact) mass is 461 g/mol. The van der Waals surface area contributed by atoms with E-state index in [2.05, 4.69) is 45.0 Å². The average molecular weight is 462 g/mol. The van der Waals surface area contributed by atoms with Crippen molar-refractivity contribution in [3.63, 3.8) is 0 Å². The number of pyridine rings is 1. The maximum Gasteiger partial charge on any atom is 0.227 e. The number of aromatic amines is 1. The molecule has 7 nitrogen and oxygen atoms in total. The summed E-state index contributed by atoms with van der Waals surface area (Å²) in [4.78, 5) is 25.9. The number of amides is 1. The van der Waals surface area contributed by atoms with Gasteiger partial charge in [-0.1, -0.05) is 12.1 Å². The van der Waals surface area contributed by atoms with E-state index >= 15 is 0 Å². The van der Waals surface area contributed by atoms with Crippen molar-refractivity contribution in [2.45, 2.75) is 39.3 Å². The van der Waals surface area contributed by atoms with E-state index in [0.717, 1.165) is 86.6 Å². The molecule has 4 heterocycles. The predicted octanol–water partition coefficient (Wildman–Crippen LogP) is 4.12. The first-order chi connectivity index (χ1) is 16.6. The van der Waals surface area contributed by atoms with Crippen molar-refractivity contribution in [2.24, 2.45) is 5.92 Å². The minimum atomic E-state index is 0.0924. The number of carbonyl (C=O) groups excluding carboxylic acids is 1. The second-order valence-electron chi connectivity index (χ2n) is 9.77. The second-order valence-corrected chi connectivity index (χ2v) is 9.77. The Bertz CT molecular complexity index is 1110. The van der Waals surface area contributed by atoms with Crippen LogP contribution in [0.25, 0.3) is 22.2 Å². The highest BCUT2D eigenvalue weighted by Crippen LogP contribution is 2.29. The number of fused-ring (bicyclic) bond motifs is 1. The third kappa shape index (κ3) is 5.17. The molecule has 2 aliphatic heterocycles. The summed E-state index contributed by atoms with van der Waals surface area (Å²) in [5.41, 5.74) is 5.14. The largest absolute Gasteiger partial charge is 0.379 e. The molecule has 34 heavy (non-hydrogen) atoms. The predicted molar refractivity (Wildman–Crippen MR) is 136 cm³/mol. The maximum atomic E-state index is 12.8. The Labute approximate surface area is 201 Å². The number of rotatable bonds is 6. The standard InChI is InChI=1S/C27H35N5O2/c1-19(2)32-11-8-21(9-12-32)27(33)30-22-5-3-20(4-6-22)26-24-17-23(29-25(24)7-10-28-26)18-31-13-15-34-16-14-31/h3-7,10,17,19,21,29H,8-9,11-16,18H2,1-2H3,(H,30,33). The molecule has 180 valence electrons. The molecule has 2 aliphatic rings. The van der Waals surface area contributed by atoms with Crippen molar-refractivity contribution in [2.75, 3.05) is 44.7 Å². The summed E-state index contributed by atoms with van der Waals surface area (Å²) in [5, 5.41) is 4.25. The highest BCUT2D eigenvalue weighted by molar-refractivity contribution is 5.95. The first kappa shape index (κ1) is 23.0. The summed E-state index contributed by atoms with van der Waals surface area (Å²) in [6.45, 7) is 10.8. The van der Waals surface area contributed by atoms with Gasteiger partial charge in [0.25, 0.3) is 0 Å². The van der Waals surface area contributed by atoms with Crippen molar-refractivity contribution < 1.29 is 9.53 Å². The van der Waals surface area contributed by atoms with E-state index < -0.39 is 0 Å². The number of anilines is 1. The van der Waals surface area contributed by atoms with Gasteiger partial charge in [0, 0.05) is 65.6 Å². The van der Waals surface area contributed by atoms with Crippen LogP contribution in [0.15, 0.2) is 42.6 Å². The zero-order chi connectivity index (χ0) is 23.5. The minimum absolute atomic E-state index is 0.0924. The Hall–Kier alpha value is -2.74. The molecule has 7 heteroatoms. The second kappa shape index (κ2) is 10.3. The number of hydrogen-bond acceptors (Lipinski definition) is 5. The number of nitrogens with one attached hydrogen (secondary N) is 2. The van der Waals surface area contributed by atoms with Crippen LogP contribution < -0.4 is 5.32 Å². The molecule has 1 aromatic carbocycles. The number of piperidine rings is 1. The lowest BCUT2D eigenvalue weighted by atomic mass is 9.95. The Balaban J connectivity index is 1.26. The zero-order valence-corrected chi connectivity index (χ0v) is 20.2. The molecule has 2 saturated heterocycles. The number of aromatic nitrogens is 2. The third-order valence-electron chi connectivity index (χ3n) is 7.16. The van der Waals surface area contributed by atoms with Gasteiger partial charge in [0.1, 0.15) is 0 Å². The van der Waals surface area contributed by atoms with Crippen molar-refractivity contribution >= 4 is 22.5 Å². The fourth-order valence-corrected chi connectivity index (χ4v) is 5.06. The molecule has 2 N–H and O–H groups in total. The number of hydrogen-bond donors (Lipinski definition) is 2. The lowest BCUT2D eigenvalue weighted by molar-refractivity contribution is -0.121. The summed E-state index contributed by atoms with van der Waals surface area (Å²) in [7, 11) is 0. The Morgan fingerprint density at radius 2 is 1.85 bits per heavy atom. The van der Waals surface area contributed by atoms with E-state index in [4.69, 9.17) is 4.74 Å². The summed E-state index contributed by atoms with van der Waals surface area (Å²) in [5.74, 6) is 0.226. The van der Waals surface area contributed by atoms with Gasteiger partial charge in [-0.05, 0) is 64.0 Å². The summed E-state index contributed by atoms with van der Waals surface area (Å²) >= 11 is 0. The van der Waals surface area contributed by atoms with Crippen LogP contribution in [0.3, 0.4) is 0 Å². The smallest absolute Gasteiger partial charge is 0.227 e. The quantitative estimate of drug-likeness (QED) is 0.578. The molecule has 0 saturated carbocycles. The average Bonchev–Trinajstić information content (AvgIpc) is 3.28. The van der Waals surface area contributed by atoms with Gasteiger partial charge < -0.3 is 19.9 Å². The minimum Gasteiger partial charge on any atom is -0.379 e. The fraction of sp³-hybridized carbons (Fsp3) is 0.481. The van der Waals surface area contributed by atoms with Crippen LogP contribution in [0.4, 0.5) is 5.69 Å². The molecule has 1 amide bonds. The molecular weight excluding hydrogens is 426 g/mol. The van der Waals surface area contributed by atoms with E-state index in [0.29, 0.717) is 6.04 Å². The van der Waals surface area contributed by atoms with Crippen molar-refractivity contribution in [3.05, 3.63) is 48.3 Å². The van der Waals surface area contributed by atoms with E-state index in [-0.39, 0.29) is 11.8 Å².